The van der Waals surface area contributed by atoms with E-state index in [9.17, 15) is 0 Å². The van der Waals surface area contributed by atoms with E-state index in [1.54, 1.807) is 7.11 Å². The zero-order chi connectivity index (χ0) is 14.8. The molecule has 2 heterocycles. The molecule has 0 amide bonds. The normalized spacial score (nSPS) is 12.7. The van der Waals surface area contributed by atoms with E-state index in [0.29, 0.717) is 6.54 Å². The van der Waals surface area contributed by atoms with Gasteiger partial charge in [-0.2, -0.15) is 0 Å². The summed E-state index contributed by atoms with van der Waals surface area (Å²) in [6.07, 6.45) is 0. The Bertz CT molecular complexity index is 750. The first-order chi connectivity index (χ1) is 10.2. The molecule has 110 valence electrons. The third-order valence-electron chi connectivity index (χ3n) is 3.47. The van der Waals surface area contributed by atoms with Gasteiger partial charge in [0.25, 0.3) is 0 Å². The molecule has 3 rings (SSSR count). The molecule has 0 fully saturated rings. The van der Waals surface area contributed by atoms with Gasteiger partial charge in [0, 0.05) is 6.04 Å². The molecule has 6 heteroatoms. The van der Waals surface area contributed by atoms with Crippen molar-refractivity contribution < 1.29 is 9.15 Å². The number of para-hydroxylation sites is 1. The van der Waals surface area contributed by atoms with Crippen LogP contribution in [0.25, 0.3) is 11.0 Å². The summed E-state index contributed by atoms with van der Waals surface area (Å²) in [5, 5.41) is 8.48. The first kappa shape index (κ1) is 14.0. The second kappa shape index (κ2) is 5.83. The minimum Gasteiger partial charge on any atom is -0.492 e. The lowest BCUT2D eigenvalue weighted by molar-refractivity contribution is 0.386. The fraction of sp³-hybridized carbons (Fsp3) is 0.333. The van der Waals surface area contributed by atoms with Crippen molar-refractivity contribution in [2.45, 2.75) is 26.4 Å². The Morgan fingerprint density at radius 2 is 2.19 bits per heavy atom. The molecule has 1 unspecified atom stereocenters. The van der Waals surface area contributed by atoms with Crippen molar-refractivity contribution >= 4 is 22.5 Å². The number of hydrogen-bond acceptors (Lipinski definition) is 6. The summed E-state index contributed by atoms with van der Waals surface area (Å²) in [5.41, 5.74) is 1.81. The maximum atomic E-state index is 5.87. The molecular weight excluding hydrogens is 286 g/mol. The number of fused-ring (bicyclic) bond motifs is 1. The number of methoxy groups -OCH3 is 1. The highest BCUT2D eigenvalue weighted by Crippen LogP contribution is 2.33. The summed E-state index contributed by atoms with van der Waals surface area (Å²) in [6.45, 7) is 4.66. The SMILES string of the molecule is COc1c(CNC(C)c2snnc2C)oc2ccccc12. The zero-order valence-corrected chi connectivity index (χ0v) is 13.0. The van der Waals surface area contributed by atoms with Gasteiger partial charge in [-0.05, 0) is 37.5 Å². The van der Waals surface area contributed by atoms with Crippen LogP contribution >= 0.6 is 11.5 Å². The monoisotopic (exact) mass is 303 g/mol. The highest BCUT2D eigenvalue weighted by Gasteiger charge is 2.17. The molecule has 1 atom stereocenters. The predicted octanol–water partition coefficient (Wildman–Crippen LogP) is 3.45. The molecule has 0 aliphatic heterocycles. The van der Waals surface area contributed by atoms with Crippen molar-refractivity contribution in [2.24, 2.45) is 0 Å². The average molecular weight is 303 g/mol. The fourth-order valence-electron chi connectivity index (χ4n) is 2.38. The lowest BCUT2D eigenvalue weighted by Gasteiger charge is -2.11. The standard InChI is InChI=1S/C15H17N3O2S/c1-9(15-10(2)17-18-21-15)16-8-13-14(19-3)11-6-4-5-7-12(11)20-13/h4-7,9,16H,8H2,1-3H3. The van der Waals surface area contributed by atoms with E-state index in [1.165, 1.54) is 11.5 Å². The van der Waals surface area contributed by atoms with Gasteiger partial charge in [-0.1, -0.05) is 16.6 Å². The zero-order valence-electron chi connectivity index (χ0n) is 12.2. The number of nitrogens with zero attached hydrogens (tertiary/aromatic N) is 2. The summed E-state index contributed by atoms with van der Waals surface area (Å²) in [5.74, 6) is 1.60. The second-order valence-corrected chi connectivity index (χ2v) is 5.67. The number of rotatable bonds is 5. The van der Waals surface area contributed by atoms with E-state index in [-0.39, 0.29) is 6.04 Å². The molecular formula is C15H17N3O2S. The molecule has 2 aromatic heterocycles. The Morgan fingerprint density at radius 3 is 2.90 bits per heavy atom. The molecule has 5 nitrogen and oxygen atoms in total. The molecule has 0 aliphatic rings. The van der Waals surface area contributed by atoms with Gasteiger partial charge in [0.1, 0.15) is 5.58 Å². The fourth-order valence-corrected chi connectivity index (χ4v) is 3.05. The van der Waals surface area contributed by atoms with E-state index in [1.807, 2.05) is 31.2 Å². The van der Waals surface area contributed by atoms with Crippen LogP contribution in [0.5, 0.6) is 5.75 Å². The number of ether oxygens (including phenoxy) is 1. The van der Waals surface area contributed by atoms with Crippen LogP contribution in [0.15, 0.2) is 28.7 Å². The van der Waals surface area contributed by atoms with E-state index in [4.69, 9.17) is 9.15 Å². The highest BCUT2D eigenvalue weighted by atomic mass is 32.1. The van der Waals surface area contributed by atoms with E-state index in [0.717, 1.165) is 33.1 Å². The van der Waals surface area contributed by atoms with Gasteiger partial charge in [-0.25, -0.2) is 0 Å². The molecule has 0 spiro atoms. The van der Waals surface area contributed by atoms with E-state index in [2.05, 4.69) is 21.8 Å². The van der Waals surface area contributed by atoms with Crippen molar-refractivity contribution in [3.8, 4) is 5.75 Å². The van der Waals surface area contributed by atoms with Crippen molar-refractivity contribution in [2.75, 3.05) is 7.11 Å². The summed E-state index contributed by atoms with van der Waals surface area (Å²) >= 11 is 1.42. The Morgan fingerprint density at radius 1 is 1.38 bits per heavy atom. The van der Waals surface area contributed by atoms with Crippen LogP contribution in [0.1, 0.15) is 29.3 Å². The van der Waals surface area contributed by atoms with Crippen LogP contribution in [-0.4, -0.2) is 16.7 Å². The smallest absolute Gasteiger partial charge is 0.169 e. The average Bonchev–Trinajstić information content (AvgIpc) is 3.07. The van der Waals surface area contributed by atoms with Crippen LogP contribution in [0.2, 0.25) is 0 Å². The molecule has 0 saturated carbocycles. The lowest BCUT2D eigenvalue weighted by atomic mass is 10.2. The van der Waals surface area contributed by atoms with Crippen LogP contribution in [0, 0.1) is 6.92 Å². The number of aryl methyl sites for hydroxylation is 1. The van der Waals surface area contributed by atoms with Crippen molar-refractivity contribution in [3.63, 3.8) is 0 Å². The molecule has 0 bridgehead atoms. The van der Waals surface area contributed by atoms with Crippen LogP contribution in [-0.2, 0) is 6.54 Å². The van der Waals surface area contributed by atoms with Crippen LogP contribution < -0.4 is 10.1 Å². The molecule has 1 aromatic carbocycles. The molecule has 3 aromatic rings. The predicted molar refractivity (Wildman–Crippen MR) is 82.7 cm³/mol. The van der Waals surface area contributed by atoms with Gasteiger partial charge in [0.05, 0.1) is 29.6 Å². The highest BCUT2D eigenvalue weighted by molar-refractivity contribution is 7.05. The van der Waals surface area contributed by atoms with Gasteiger partial charge in [-0.15, -0.1) is 5.10 Å². The molecule has 21 heavy (non-hydrogen) atoms. The Hall–Kier alpha value is -1.92. The van der Waals surface area contributed by atoms with Crippen LogP contribution in [0.3, 0.4) is 0 Å². The Kier molecular flexibility index (Phi) is 3.90. The largest absolute Gasteiger partial charge is 0.492 e. The number of benzene rings is 1. The van der Waals surface area contributed by atoms with Crippen molar-refractivity contribution in [3.05, 3.63) is 40.6 Å². The third-order valence-corrected chi connectivity index (χ3v) is 4.48. The van der Waals surface area contributed by atoms with Gasteiger partial charge in [0.2, 0.25) is 0 Å². The summed E-state index contributed by atoms with van der Waals surface area (Å²) < 4.78 is 15.3. The molecule has 0 aliphatic carbocycles. The maximum Gasteiger partial charge on any atom is 0.169 e. The number of aromatic nitrogens is 2. The summed E-state index contributed by atoms with van der Waals surface area (Å²) in [4.78, 5) is 1.14. The van der Waals surface area contributed by atoms with Crippen LogP contribution in [0.4, 0.5) is 0 Å². The number of nitrogens with one attached hydrogen (secondary N) is 1. The Balaban J connectivity index is 1.80. The third kappa shape index (κ3) is 2.64. The second-order valence-electron chi connectivity index (χ2n) is 4.88. The lowest BCUT2D eigenvalue weighted by Crippen LogP contribution is -2.17. The van der Waals surface area contributed by atoms with Crippen molar-refractivity contribution in [1.82, 2.24) is 14.9 Å². The summed E-state index contributed by atoms with van der Waals surface area (Å²) in [6, 6.07) is 8.05. The van der Waals surface area contributed by atoms with E-state index < -0.39 is 0 Å². The van der Waals surface area contributed by atoms with Crippen molar-refractivity contribution in [1.29, 1.82) is 0 Å². The van der Waals surface area contributed by atoms with E-state index >= 15 is 0 Å². The maximum absolute atomic E-state index is 5.87. The number of hydrogen-bond donors (Lipinski definition) is 1. The molecule has 0 saturated heterocycles. The minimum atomic E-state index is 0.169. The minimum absolute atomic E-state index is 0.169. The topological polar surface area (TPSA) is 60.2 Å². The quantitative estimate of drug-likeness (QED) is 0.782. The summed E-state index contributed by atoms with van der Waals surface area (Å²) in [7, 11) is 1.67. The first-order valence-corrected chi connectivity index (χ1v) is 7.54. The number of furan rings is 1. The Labute approximate surface area is 127 Å². The van der Waals surface area contributed by atoms with Gasteiger partial charge in [0.15, 0.2) is 11.5 Å². The molecule has 0 radical (unpaired) electrons. The molecule has 1 N–H and O–H groups in total. The first-order valence-electron chi connectivity index (χ1n) is 6.77. The van der Waals surface area contributed by atoms with Gasteiger partial charge < -0.3 is 14.5 Å². The van der Waals surface area contributed by atoms with Gasteiger partial charge >= 0.3 is 0 Å². The van der Waals surface area contributed by atoms with Gasteiger partial charge in [-0.3, -0.25) is 0 Å².